The maximum Gasteiger partial charge on any atom is 0.226 e. The van der Waals surface area contributed by atoms with Gasteiger partial charge in [-0.2, -0.15) is 11.3 Å². The van der Waals surface area contributed by atoms with E-state index < -0.39 is 0 Å². The third-order valence-electron chi connectivity index (χ3n) is 2.68. The largest absolute Gasteiger partial charge is 0.446 e. The first kappa shape index (κ1) is 10.5. The van der Waals surface area contributed by atoms with E-state index in [1.165, 1.54) is 5.56 Å². The van der Waals surface area contributed by atoms with Crippen molar-refractivity contribution in [3.63, 3.8) is 0 Å². The van der Waals surface area contributed by atoms with Gasteiger partial charge in [0.2, 0.25) is 5.71 Å². The predicted octanol–water partition coefficient (Wildman–Crippen LogP) is 3.28. The molecule has 0 aromatic carbocycles. The minimum absolute atomic E-state index is 0.700. The van der Waals surface area contributed by atoms with E-state index in [4.69, 9.17) is 4.42 Å². The minimum atomic E-state index is 0.700. The predicted molar refractivity (Wildman–Crippen MR) is 70.1 cm³/mol. The molecule has 0 saturated carbocycles. The number of aromatic nitrogens is 1. The van der Waals surface area contributed by atoms with Gasteiger partial charge in [-0.05, 0) is 36.2 Å². The number of furan rings is 1. The van der Waals surface area contributed by atoms with Crippen LogP contribution in [0.15, 0.2) is 39.6 Å². The minimum Gasteiger partial charge on any atom is -0.446 e. The molecular formula is C13H12N2OS. The molecule has 3 heterocycles. The summed E-state index contributed by atoms with van der Waals surface area (Å²) in [6.45, 7) is 0.805. The molecule has 0 fully saturated rings. The Balaban J connectivity index is 2.22. The van der Waals surface area contributed by atoms with Crippen molar-refractivity contribution in [2.45, 2.75) is 6.54 Å². The van der Waals surface area contributed by atoms with Gasteiger partial charge in [0.15, 0.2) is 0 Å². The summed E-state index contributed by atoms with van der Waals surface area (Å²) in [6, 6.07) is 6.16. The van der Waals surface area contributed by atoms with Crippen LogP contribution in [-0.4, -0.2) is 12.0 Å². The van der Waals surface area contributed by atoms with E-state index in [0.29, 0.717) is 5.71 Å². The van der Waals surface area contributed by atoms with Crippen molar-refractivity contribution >= 4 is 22.4 Å². The highest BCUT2D eigenvalue weighted by atomic mass is 32.1. The van der Waals surface area contributed by atoms with Crippen LogP contribution in [0.25, 0.3) is 22.4 Å². The molecule has 3 nitrogen and oxygen atoms in total. The summed E-state index contributed by atoms with van der Waals surface area (Å²) in [7, 11) is 1.94. The molecular weight excluding hydrogens is 232 g/mol. The first-order valence-electron chi connectivity index (χ1n) is 5.43. The molecule has 0 aliphatic rings. The first-order chi connectivity index (χ1) is 8.38. The van der Waals surface area contributed by atoms with Crippen LogP contribution >= 0.6 is 11.3 Å². The average Bonchev–Trinajstić information content (AvgIpc) is 2.98. The number of hydrogen-bond acceptors (Lipinski definition) is 4. The third kappa shape index (κ3) is 1.85. The summed E-state index contributed by atoms with van der Waals surface area (Å²) in [4.78, 5) is 4.60. The van der Waals surface area contributed by atoms with Crippen LogP contribution in [0.2, 0.25) is 0 Å². The monoisotopic (exact) mass is 244 g/mol. The van der Waals surface area contributed by atoms with Gasteiger partial charge in [0.05, 0.1) is 12.0 Å². The Hall–Kier alpha value is -1.65. The van der Waals surface area contributed by atoms with E-state index >= 15 is 0 Å². The van der Waals surface area contributed by atoms with Gasteiger partial charge >= 0.3 is 0 Å². The fourth-order valence-corrected chi connectivity index (χ4v) is 2.56. The maximum atomic E-state index is 5.36. The molecule has 0 spiro atoms. The second-order valence-corrected chi connectivity index (χ2v) is 4.63. The molecule has 4 heteroatoms. The summed E-state index contributed by atoms with van der Waals surface area (Å²) in [5.41, 5.74) is 4.05. The second-order valence-electron chi connectivity index (χ2n) is 3.85. The van der Waals surface area contributed by atoms with Crippen molar-refractivity contribution < 1.29 is 4.42 Å². The normalized spacial score (nSPS) is 11.1. The maximum absolute atomic E-state index is 5.36. The summed E-state index contributed by atoms with van der Waals surface area (Å²) in [5, 5.41) is 8.40. The van der Waals surface area contributed by atoms with E-state index in [1.54, 1.807) is 17.6 Å². The highest BCUT2D eigenvalue weighted by molar-refractivity contribution is 7.08. The lowest BCUT2D eigenvalue weighted by Crippen LogP contribution is -2.07. The van der Waals surface area contributed by atoms with E-state index in [0.717, 1.165) is 23.2 Å². The zero-order valence-corrected chi connectivity index (χ0v) is 10.3. The molecule has 0 aliphatic heterocycles. The molecule has 0 aliphatic carbocycles. The lowest BCUT2D eigenvalue weighted by molar-refractivity contribution is 0.603. The Labute approximate surface area is 103 Å². The van der Waals surface area contributed by atoms with Crippen molar-refractivity contribution in [2.24, 2.45) is 0 Å². The van der Waals surface area contributed by atoms with Crippen LogP contribution < -0.4 is 5.32 Å². The summed E-state index contributed by atoms with van der Waals surface area (Å²) < 4.78 is 5.36. The second kappa shape index (κ2) is 4.31. The van der Waals surface area contributed by atoms with Crippen molar-refractivity contribution in [1.82, 2.24) is 10.3 Å². The van der Waals surface area contributed by atoms with Crippen LogP contribution in [0.5, 0.6) is 0 Å². The molecule has 17 heavy (non-hydrogen) atoms. The summed E-state index contributed by atoms with van der Waals surface area (Å²) >= 11 is 1.68. The van der Waals surface area contributed by atoms with Crippen LogP contribution in [0.3, 0.4) is 0 Å². The van der Waals surface area contributed by atoms with Crippen molar-refractivity contribution in [1.29, 1.82) is 0 Å². The first-order valence-corrected chi connectivity index (χ1v) is 6.37. The van der Waals surface area contributed by atoms with E-state index in [2.05, 4.69) is 33.2 Å². The van der Waals surface area contributed by atoms with Crippen molar-refractivity contribution in [3.05, 3.63) is 40.8 Å². The number of hydrogen-bond donors (Lipinski definition) is 1. The number of nitrogens with one attached hydrogen (secondary N) is 1. The molecule has 86 valence electrons. The van der Waals surface area contributed by atoms with E-state index in [9.17, 15) is 0 Å². The van der Waals surface area contributed by atoms with Crippen molar-refractivity contribution in [3.8, 4) is 11.3 Å². The highest BCUT2D eigenvalue weighted by Crippen LogP contribution is 2.27. The Morgan fingerprint density at radius 2 is 2.35 bits per heavy atom. The Morgan fingerprint density at radius 1 is 1.41 bits per heavy atom. The van der Waals surface area contributed by atoms with Gasteiger partial charge in [-0.3, -0.25) is 0 Å². The topological polar surface area (TPSA) is 38.1 Å². The zero-order valence-electron chi connectivity index (χ0n) is 9.43. The number of thiophene rings is 1. The average molecular weight is 244 g/mol. The lowest BCUT2D eigenvalue weighted by Gasteiger charge is -2.06. The summed E-state index contributed by atoms with van der Waals surface area (Å²) in [5.74, 6) is 0. The summed E-state index contributed by atoms with van der Waals surface area (Å²) in [6.07, 6.45) is 1.68. The van der Waals surface area contributed by atoms with Crippen LogP contribution in [0.4, 0.5) is 0 Å². The number of rotatable bonds is 3. The van der Waals surface area contributed by atoms with Gasteiger partial charge < -0.3 is 9.73 Å². The molecule has 0 atom stereocenters. The Morgan fingerprint density at radius 3 is 3.12 bits per heavy atom. The number of nitrogens with zero attached hydrogens (tertiary/aromatic N) is 1. The van der Waals surface area contributed by atoms with Crippen molar-refractivity contribution in [2.75, 3.05) is 7.05 Å². The van der Waals surface area contributed by atoms with Crippen LogP contribution in [0, 0.1) is 0 Å². The SMILES string of the molecule is CNCc1cc2ccoc2nc1-c1ccsc1. The van der Waals surface area contributed by atoms with E-state index in [1.807, 2.05) is 13.1 Å². The number of pyridine rings is 1. The van der Waals surface area contributed by atoms with Gasteiger partial charge in [-0.1, -0.05) is 0 Å². The van der Waals surface area contributed by atoms with Gasteiger partial charge in [-0.25, -0.2) is 4.98 Å². The molecule has 0 unspecified atom stereocenters. The zero-order chi connectivity index (χ0) is 11.7. The number of fused-ring (bicyclic) bond motifs is 1. The van der Waals surface area contributed by atoms with Gasteiger partial charge in [0, 0.05) is 22.9 Å². The standard InChI is InChI=1S/C13H12N2OS/c1-14-7-11-6-9-2-4-16-13(9)15-12(11)10-3-5-17-8-10/h2-6,8,14H,7H2,1H3. The quantitative estimate of drug-likeness (QED) is 0.768. The fraction of sp³-hybridized carbons (Fsp3) is 0.154. The molecule has 0 amide bonds. The van der Waals surface area contributed by atoms with Gasteiger partial charge in [-0.15, -0.1) is 0 Å². The lowest BCUT2D eigenvalue weighted by atomic mass is 10.1. The third-order valence-corrected chi connectivity index (χ3v) is 3.37. The molecule has 3 aromatic heterocycles. The molecule has 0 saturated heterocycles. The van der Waals surface area contributed by atoms with Crippen LogP contribution in [-0.2, 0) is 6.54 Å². The molecule has 3 rings (SSSR count). The smallest absolute Gasteiger partial charge is 0.226 e. The van der Waals surface area contributed by atoms with Gasteiger partial charge in [0.25, 0.3) is 0 Å². The molecule has 0 bridgehead atoms. The van der Waals surface area contributed by atoms with Gasteiger partial charge in [0.1, 0.15) is 0 Å². The molecule has 0 radical (unpaired) electrons. The van der Waals surface area contributed by atoms with Crippen LogP contribution in [0.1, 0.15) is 5.56 Å². The molecule has 3 aromatic rings. The highest BCUT2D eigenvalue weighted by Gasteiger charge is 2.10. The Kier molecular flexibility index (Phi) is 2.66. The fourth-order valence-electron chi connectivity index (χ4n) is 1.92. The Bertz CT molecular complexity index is 628. The molecule has 1 N–H and O–H groups in total. The van der Waals surface area contributed by atoms with E-state index in [-0.39, 0.29) is 0 Å².